The number of nitrogens with one attached hydrogen (secondary N) is 1. The van der Waals surface area contributed by atoms with Crippen molar-refractivity contribution in [3.63, 3.8) is 0 Å². The molecule has 0 aliphatic rings. The van der Waals surface area contributed by atoms with Gasteiger partial charge in [-0.3, -0.25) is 4.79 Å². The van der Waals surface area contributed by atoms with E-state index in [2.05, 4.69) is 5.32 Å². The van der Waals surface area contributed by atoms with Gasteiger partial charge in [0.25, 0.3) is 5.91 Å². The number of ether oxygens (including phenoxy) is 2. The number of rotatable bonds is 6. The molecule has 1 rings (SSSR count). The van der Waals surface area contributed by atoms with Gasteiger partial charge < -0.3 is 14.8 Å². The summed E-state index contributed by atoms with van der Waals surface area (Å²) >= 11 is 0. The number of hydrogen-bond acceptors (Lipinski definition) is 4. The molecule has 1 amide bonds. The lowest BCUT2D eigenvalue weighted by atomic mass is 10.0. The first kappa shape index (κ1) is 16.0. The van der Waals surface area contributed by atoms with Gasteiger partial charge in [-0.05, 0) is 38.5 Å². The van der Waals surface area contributed by atoms with Crippen LogP contribution in [0.3, 0.4) is 0 Å². The lowest BCUT2D eigenvalue weighted by Gasteiger charge is -2.27. The molecule has 0 fully saturated rings. The van der Waals surface area contributed by atoms with Crippen molar-refractivity contribution >= 4 is 11.6 Å². The predicted molar refractivity (Wildman–Crippen MR) is 76.7 cm³/mol. The molecule has 1 aromatic carbocycles. The molecule has 108 valence electrons. The summed E-state index contributed by atoms with van der Waals surface area (Å²) in [5.74, 6) is 0.311. The average Bonchev–Trinajstić information content (AvgIpc) is 2.47. The Balaban J connectivity index is 2.98. The third kappa shape index (κ3) is 3.49. The van der Waals surface area contributed by atoms with Crippen LogP contribution in [-0.2, 0) is 9.53 Å². The molecule has 1 aromatic rings. The smallest absolute Gasteiger partial charge is 0.256 e. The number of carbonyl (C=O) groups excluding carboxylic acids is 1. The van der Waals surface area contributed by atoms with Crippen LogP contribution in [0.2, 0.25) is 0 Å². The molecule has 0 aromatic heterocycles. The zero-order valence-corrected chi connectivity index (χ0v) is 12.3. The van der Waals surface area contributed by atoms with Crippen LogP contribution >= 0.6 is 0 Å². The van der Waals surface area contributed by atoms with Crippen LogP contribution < -0.4 is 10.1 Å². The van der Waals surface area contributed by atoms with Gasteiger partial charge in [0, 0.05) is 6.61 Å². The summed E-state index contributed by atoms with van der Waals surface area (Å²) in [4.78, 5) is 12.3. The molecule has 1 N–H and O–H groups in total. The van der Waals surface area contributed by atoms with Crippen molar-refractivity contribution < 1.29 is 14.3 Å². The molecular weight excluding hydrogens is 256 g/mol. The number of methoxy groups -OCH3 is 1. The highest BCUT2D eigenvalue weighted by molar-refractivity contribution is 5.98. The SMILES string of the molecule is CCOC(C)(CC)C(=O)Nc1ccc(OC)cc1C#N. The van der Waals surface area contributed by atoms with Crippen LogP contribution in [0.1, 0.15) is 32.8 Å². The van der Waals surface area contributed by atoms with Crippen molar-refractivity contribution in [2.24, 2.45) is 0 Å². The molecule has 20 heavy (non-hydrogen) atoms. The van der Waals surface area contributed by atoms with Gasteiger partial charge in [0.15, 0.2) is 0 Å². The highest BCUT2D eigenvalue weighted by Gasteiger charge is 2.32. The molecule has 5 nitrogen and oxygen atoms in total. The summed E-state index contributed by atoms with van der Waals surface area (Å²) < 4.78 is 10.6. The lowest BCUT2D eigenvalue weighted by molar-refractivity contribution is -0.139. The molecule has 0 saturated carbocycles. The Hall–Kier alpha value is -2.06. The van der Waals surface area contributed by atoms with Gasteiger partial charge in [0.1, 0.15) is 17.4 Å². The minimum absolute atomic E-state index is 0.261. The van der Waals surface area contributed by atoms with E-state index in [0.717, 1.165) is 0 Å². The van der Waals surface area contributed by atoms with Gasteiger partial charge in [0.05, 0.1) is 18.4 Å². The topological polar surface area (TPSA) is 71.3 Å². The Bertz CT molecular complexity index is 522. The molecule has 0 heterocycles. The van der Waals surface area contributed by atoms with Crippen LogP contribution in [0, 0.1) is 11.3 Å². The Kier molecular flexibility index (Phi) is 5.53. The van der Waals surface area contributed by atoms with Gasteiger partial charge in [-0.1, -0.05) is 6.92 Å². The highest BCUT2D eigenvalue weighted by Crippen LogP contribution is 2.24. The van der Waals surface area contributed by atoms with Crippen molar-refractivity contribution in [1.82, 2.24) is 0 Å². The maximum atomic E-state index is 12.3. The number of hydrogen-bond donors (Lipinski definition) is 1. The van der Waals surface area contributed by atoms with Gasteiger partial charge in [0.2, 0.25) is 0 Å². The largest absolute Gasteiger partial charge is 0.497 e. The van der Waals surface area contributed by atoms with E-state index in [4.69, 9.17) is 14.7 Å². The van der Waals surface area contributed by atoms with Gasteiger partial charge >= 0.3 is 0 Å². The standard InChI is InChI=1S/C15H20N2O3/c1-5-15(3,20-6-2)14(18)17-13-8-7-12(19-4)9-11(13)10-16/h7-9H,5-6H2,1-4H3,(H,17,18). The van der Waals surface area contributed by atoms with Crippen LogP contribution in [0.4, 0.5) is 5.69 Å². The fourth-order valence-corrected chi connectivity index (χ4v) is 1.75. The number of amides is 1. The van der Waals surface area contributed by atoms with Crippen molar-refractivity contribution in [2.75, 3.05) is 19.0 Å². The molecule has 0 aliphatic carbocycles. The Morgan fingerprint density at radius 2 is 2.15 bits per heavy atom. The molecule has 5 heteroatoms. The Morgan fingerprint density at radius 3 is 2.65 bits per heavy atom. The third-order valence-electron chi connectivity index (χ3n) is 3.21. The maximum Gasteiger partial charge on any atom is 0.256 e. The summed E-state index contributed by atoms with van der Waals surface area (Å²) in [5.41, 5.74) is -0.0909. The third-order valence-corrected chi connectivity index (χ3v) is 3.21. The Labute approximate surface area is 119 Å². The quantitative estimate of drug-likeness (QED) is 0.867. The van der Waals surface area contributed by atoms with Crippen LogP contribution in [0.5, 0.6) is 5.75 Å². The van der Waals surface area contributed by atoms with E-state index < -0.39 is 5.60 Å². The van der Waals surface area contributed by atoms with E-state index in [-0.39, 0.29) is 5.91 Å². The first-order valence-electron chi connectivity index (χ1n) is 6.54. The van der Waals surface area contributed by atoms with E-state index in [1.807, 2.05) is 19.9 Å². The molecule has 0 bridgehead atoms. The van der Waals surface area contributed by atoms with Crippen LogP contribution in [-0.4, -0.2) is 25.2 Å². The second-order valence-corrected chi connectivity index (χ2v) is 4.49. The van der Waals surface area contributed by atoms with Gasteiger partial charge in [-0.25, -0.2) is 0 Å². The van der Waals surface area contributed by atoms with E-state index in [9.17, 15) is 4.79 Å². The van der Waals surface area contributed by atoms with E-state index in [0.29, 0.717) is 30.0 Å². The maximum absolute atomic E-state index is 12.3. The van der Waals surface area contributed by atoms with Gasteiger partial charge in [-0.15, -0.1) is 0 Å². The lowest BCUT2D eigenvalue weighted by Crippen LogP contribution is -2.42. The number of carbonyl (C=O) groups is 1. The summed E-state index contributed by atoms with van der Waals surface area (Å²) in [6, 6.07) is 6.97. The molecule has 1 unspecified atom stereocenters. The molecule has 0 aliphatic heterocycles. The normalized spacial score (nSPS) is 13.2. The first-order chi connectivity index (χ1) is 9.50. The summed E-state index contributed by atoms with van der Waals surface area (Å²) in [5, 5.41) is 11.9. The fraction of sp³-hybridized carbons (Fsp3) is 0.467. The fourth-order valence-electron chi connectivity index (χ4n) is 1.75. The van der Waals surface area contributed by atoms with Crippen molar-refractivity contribution in [1.29, 1.82) is 5.26 Å². The summed E-state index contributed by atoms with van der Waals surface area (Å²) in [6.07, 6.45) is 0.546. The van der Waals surface area contributed by atoms with Crippen molar-refractivity contribution in [2.45, 2.75) is 32.8 Å². The number of benzene rings is 1. The Morgan fingerprint density at radius 1 is 1.45 bits per heavy atom. The van der Waals surface area contributed by atoms with Gasteiger partial charge in [-0.2, -0.15) is 5.26 Å². The summed E-state index contributed by atoms with van der Waals surface area (Å²) in [7, 11) is 1.53. The highest BCUT2D eigenvalue weighted by atomic mass is 16.5. The second-order valence-electron chi connectivity index (χ2n) is 4.49. The number of nitriles is 1. The predicted octanol–water partition coefficient (Wildman–Crippen LogP) is 2.71. The minimum Gasteiger partial charge on any atom is -0.497 e. The van der Waals surface area contributed by atoms with E-state index in [1.165, 1.54) is 7.11 Å². The molecule has 0 saturated heterocycles. The van der Waals surface area contributed by atoms with Crippen molar-refractivity contribution in [3.8, 4) is 11.8 Å². The number of anilines is 1. The average molecular weight is 276 g/mol. The van der Waals surface area contributed by atoms with Crippen LogP contribution in [0.25, 0.3) is 0 Å². The van der Waals surface area contributed by atoms with Crippen LogP contribution in [0.15, 0.2) is 18.2 Å². The summed E-state index contributed by atoms with van der Waals surface area (Å²) in [6.45, 7) is 5.91. The number of nitrogens with zero attached hydrogens (tertiary/aromatic N) is 1. The van der Waals surface area contributed by atoms with E-state index in [1.54, 1.807) is 25.1 Å². The van der Waals surface area contributed by atoms with Crippen molar-refractivity contribution in [3.05, 3.63) is 23.8 Å². The second kappa shape index (κ2) is 6.92. The zero-order valence-electron chi connectivity index (χ0n) is 12.3. The molecule has 0 radical (unpaired) electrons. The van der Waals surface area contributed by atoms with E-state index >= 15 is 0 Å². The first-order valence-corrected chi connectivity index (χ1v) is 6.54. The molecule has 1 atom stereocenters. The zero-order chi connectivity index (χ0) is 15.2. The monoisotopic (exact) mass is 276 g/mol. The molecule has 0 spiro atoms. The molecular formula is C15H20N2O3. The minimum atomic E-state index is -0.901.